The van der Waals surface area contributed by atoms with Crippen molar-refractivity contribution in [3.63, 3.8) is 0 Å². The van der Waals surface area contributed by atoms with Gasteiger partial charge >= 0.3 is 13.7 Å². The van der Waals surface area contributed by atoms with Gasteiger partial charge in [-0.3, -0.25) is 9.32 Å². The third-order valence-corrected chi connectivity index (χ3v) is 8.13. The Bertz CT molecular complexity index is 1390. The zero-order valence-corrected chi connectivity index (χ0v) is 21.7. The summed E-state index contributed by atoms with van der Waals surface area (Å²) in [5, 5.41) is 18.0. The molecule has 6 atom stereocenters. The minimum atomic E-state index is -4.20. The fourth-order valence-corrected chi connectivity index (χ4v) is 5.92. The number of para-hydroxylation sites is 1. The molecule has 1 aliphatic carbocycles. The molecule has 1 saturated carbocycles. The van der Waals surface area contributed by atoms with Crippen molar-refractivity contribution in [2.24, 2.45) is 5.92 Å². The number of carbonyl (C=O) groups excluding carboxylic acids is 1. The summed E-state index contributed by atoms with van der Waals surface area (Å²) in [4.78, 5) is 19.7. The number of carbonyl (C=O) groups is 1. The summed E-state index contributed by atoms with van der Waals surface area (Å²) in [5.41, 5.74) is 1.69. The van der Waals surface area contributed by atoms with Gasteiger partial charge in [0.1, 0.15) is 37.0 Å². The van der Waals surface area contributed by atoms with Gasteiger partial charge in [0.25, 0.3) is 0 Å². The fraction of sp³-hybridized carbons (Fsp3) is 0.478. The lowest BCUT2D eigenvalue weighted by Crippen LogP contribution is -2.44. The first-order valence-corrected chi connectivity index (χ1v) is 13.5. The predicted octanol–water partition coefficient (Wildman–Crippen LogP) is 1.98. The van der Waals surface area contributed by atoms with Crippen LogP contribution in [0.5, 0.6) is 5.75 Å². The molecule has 6 unspecified atom stereocenters. The Balaban J connectivity index is 1.33. The monoisotopic (exact) mass is 550 g/mol. The molecule has 1 saturated heterocycles. The maximum atomic E-state index is 16.2. The second-order valence-electron chi connectivity index (χ2n) is 9.56. The summed E-state index contributed by atoms with van der Waals surface area (Å²) in [6.45, 7) is 4.33. The van der Waals surface area contributed by atoms with E-state index >= 15 is 4.39 Å². The Morgan fingerprint density at radius 2 is 2.08 bits per heavy atom. The van der Waals surface area contributed by atoms with E-state index in [0.29, 0.717) is 0 Å². The molecular weight excluding hydrogens is 522 g/mol. The number of anilines is 1. The van der Waals surface area contributed by atoms with Crippen LogP contribution in [0.1, 0.15) is 32.6 Å². The van der Waals surface area contributed by atoms with Crippen molar-refractivity contribution >= 4 is 25.2 Å². The van der Waals surface area contributed by atoms with E-state index in [4.69, 9.17) is 24.3 Å². The average Bonchev–Trinajstić information content (AvgIpc) is 3.14. The fourth-order valence-electron chi connectivity index (χ4n) is 4.41. The molecule has 2 fully saturated rings. The summed E-state index contributed by atoms with van der Waals surface area (Å²) in [6.07, 6.45) is -1.23. The van der Waals surface area contributed by atoms with Gasteiger partial charge in [-0.05, 0) is 19.1 Å². The number of rotatable bonds is 10. The van der Waals surface area contributed by atoms with Gasteiger partial charge in [0.2, 0.25) is 0 Å². The molecule has 0 bridgehead atoms. The van der Waals surface area contributed by atoms with Crippen molar-refractivity contribution in [2.75, 3.05) is 18.9 Å². The molecule has 204 valence electrons. The summed E-state index contributed by atoms with van der Waals surface area (Å²) in [6, 6.07) is 8.20. The molecule has 5 rings (SSSR count). The van der Waals surface area contributed by atoms with E-state index in [1.807, 2.05) is 0 Å². The van der Waals surface area contributed by atoms with Gasteiger partial charge in [-0.1, -0.05) is 32.0 Å². The zero-order valence-electron chi connectivity index (χ0n) is 20.9. The van der Waals surface area contributed by atoms with E-state index in [2.05, 4.69) is 20.2 Å². The number of nitrogens with zero attached hydrogens (tertiary/aromatic N) is 4. The number of benzene rings is 1. The minimum absolute atomic E-state index is 0.0856. The van der Waals surface area contributed by atoms with Crippen LogP contribution in [0.2, 0.25) is 0 Å². The molecule has 38 heavy (non-hydrogen) atoms. The largest absolute Gasteiger partial charge is 0.464 e. The van der Waals surface area contributed by atoms with Crippen molar-refractivity contribution in [1.82, 2.24) is 24.7 Å². The van der Waals surface area contributed by atoms with Crippen molar-refractivity contribution in [3.8, 4) is 5.75 Å². The van der Waals surface area contributed by atoms with Gasteiger partial charge < -0.3 is 24.8 Å². The summed E-state index contributed by atoms with van der Waals surface area (Å²) in [5.74, 6) is -0.448. The first-order valence-electron chi connectivity index (χ1n) is 11.9. The lowest BCUT2D eigenvalue weighted by atomic mass is 9.91. The summed E-state index contributed by atoms with van der Waals surface area (Å²) < 4.78 is 53.4. The normalized spacial score (nSPS) is 29.7. The average molecular weight is 550 g/mol. The first-order chi connectivity index (χ1) is 18.0. The van der Waals surface area contributed by atoms with Gasteiger partial charge in [0.05, 0.1) is 17.8 Å². The van der Waals surface area contributed by atoms with Crippen LogP contribution in [0.15, 0.2) is 42.9 Å². The van der Waals surface area contributed by atoms with Gasteiger partial charge in [-0.25, -0.2) is 28.5 Å². The van der Waals surface area contributed by atoms with Crippen LogP contribution in [0.3, 0.4) is 0 Å². The molecule has 13 nitrogen and oxygen atoms in total. The number of hydrogen-bond donors (Lipinski definition) is 3. The molecule has 3 aromatic rings. The molecule has 2 aliphatic rings. The Morgan fingerprint density at radius 1 is 1.34 bits per heavy atom. The van der Waals surface area contributed by atoms with Crippen molar-refractivity contribution in [2.45, 2.75) is 50.4 Å². The van der Waals surface area contributed by atoms with Crippen LogP contribution in [0.25, 0.3) is 5.65 Å². The number of halogens is 1. The minimum Gasteiger partial charge on any atom is -0.464 e. The second-order valence-corrected chi connectivity index (χ2v) is 11.3. The molecule has 0 spiro atoms. The maximum Gasteiger partial charge on any atom is 0.459 e. The number of ether oxygens (including phenoxy) is 2. The maximum absolute atomic E-state index is 16.2. The van der Waals surface area contributed by atoms with E-state index in [0.717, 1.165) is 6.92 Å². The molecular formula is C23H28FN6O7P. The topological polar surface area (TPSA) is 172 Å². The van der Waals surface area contributed by atoms with Gasteiger partial charge in [0.15, 0.2) is 22.7 Å². The molecule has 2 aromatic heterocycles. The number of esters is 1. The van der Waals surface area contributed by atoms with E-state index < -0.39 is 43.3 Å². The molecule has 15 heteroatoms. The number of nitrogens with two attached hydrogens (primary N) is 1. The zero-order chi connectivity index (χ0) is 27.3. The van der Waals surface area contributed by atoms with Crippen molar-refractivity contribution < 1.29 is 37.4 Å². The lowest BCUT2D eigenvalue weighted by molar-refractivity contribution is -0.147. The summed E-state index contributed by atoms with van der Waals surface area (Å²) >= 11 is 0. The number of imidazole rings is 1. The van der Waals surface area contributed by atoms with Crippen LogP contribution < -0.4 is 15.3 Å². The number of aliphatic hydroxyl groups is 1. The summed E-state index contributed by atoms with van der Waals surface area (Å²) in [7, 11) is -4.20. The van der Waals surface area contributed by atoms with Crippen molar-refractivity contribution in [3.05, 3.63) is 48.5 Å². The predicted molar refractivity (Wildman–Crippen MR) is 131 cm³/mol. The smallest absolute Gasteiger partial charge is 0.459 e. The Morgan fingerprint density at radius 3 is 2.74 bits per heavy atom. The number of fused-ring (bicyclic) bond motifs is 2. The number of hydrogen-bond acceptors (Lipinski definition) is 11. The highest BCUT2D eigenvalue weighted by molar-refractivity contribution is 7.52. The quantitative estimate of drug-likeness (QED) is 0.191. The van der Waals surface area contributed by atoms with E-state index in [1.165, 1.54) is 17.0 Å². The van der Waals surface area contributed by atoms with Gasteiger partial charge in [0, 0.05) is 6.54 Å². The number of aromatic nitrogens is 4. The van der Waals surface area contributed by atoms with Crippen LogP contribution in [-0.2, 0) is 23.4 Å². The third-order valence-electron chi connectivity index (χ3n) is 6.56. The SMILES string of the molecule is CC(C)C(=O)OCCNP(=O)(Oc1ccccc1)OC1C2OC(c3cnc4c(N)ncnn34)C(C)(F)C21O. The first kappa shape index (κ1) is 26.4. The van der Waals surface area contributed by atoms with E-state index in [1.54, 1.807) is 44.2 Å². The molecule has 0 radical (unpaired) electrons. The van der Waals surface area contributed by atoms with Gasteiger partial charge in [-0.15, -0.1) is 0 Å². The highest BCUT2D eigenvalue weighted by Gasteiger charge is 2.85. The number of nitrogens with one attached hydrogen (secondary N) is 1. The highest BCUT2D eigenvalue weighted by atomic mass is 31.2. The van der Waals surface area contributed by atoms with Crippen LogP contribution in [0.4, 0.5) is 10.2 Å². The molecule has 4 N–H and O–H groups in total. The Labute approximate surface area is 217 Å². The van der Waals surface area contributed by atoms with Crippen LogP contribution in [-0.4, -0.2) is 67.3 Å². The molecule has 1 aromatic carbocycles. The van der Waals surface area contributed by atoms with Crippen molar-refractivity contribution in [1.29, 1.82) is 0 Å². The Kier molecular flexibility index (Phi) is 6.64. The standard InChI is InChI=1S/C23H28FN6O7P/c1-13(2)21(31)34-10-9-29-38(33,36-14-7-5-4-6-8-14)37-18-17-23(18,32)22(3,24)16(35-17)15-11-26-20-19(25)27-12-28-30(15)20/h4-8,11-13,16-18,32H,9-10H2,1-3H3,(H,29,33)(H2,25,27,28). The Hall–Kier alpha value is -3.16. The van der Waals surface area contributed by atoms with Crippen LogP contribution in [0, 0.1) is 5.92 Å². The lowest BCUT2D eigenvalue weighted by Gasteiger charge is -2.30. The number of alkyl halides is 1. The molecule has 0 amide bonds. The number of nitrogen functional groups attached to an aromatic ring is 1. The molecule has 3 heterocycles. The van der Waals surface area contributed by atoms with Crippen LogP contribution >= 0.6 is 7.75 Å². The highest BCUT2D eigenvalue weighted by Crippen LogP contribution is 2.66. The third kappa shape index (κ3) is 4.41. The second kappa shape index (κ2) is 9.54. The van der Waals surface area contributed by atoms with E-state index in [9.17, 15) is 14.5 Å². The van der Waals surface area contributed by atoms with E-state index in [-0.39, 0.29) is 42.0 Å². The molecule has 1 aliphatic heterocycles. The van der Waals surface area contributed by atoms with Gasteiger partial charge in [-0.2, -0.15) is 5.10 Å².